The molecule has 2 unspecified atom stereocenters. The van der Waals surface area contributed by atoms with Crippen LogP contribution in [0.1, 0.15) is 117 Å². The number of ether oxygens (including phenoxy) is 1. The molecular formula is C42H59N10O5+. The molecule has 0 aromatic carbocycles. The molecule has 2 aliphatic heterocycles. The molecule has 15 heteroatoms. The first-order valence-corrected chi connectivity index (χ1v) is 20.5. The van der Waals surface area contributed by atoms with E-state index < -0.39 is 0 Å². The molecule has 2 amide bonds. The highest BCUT2D eigenvalue weighted by molar-refractivity contribution is 5.81. The number of amides is 2. The van der Waals surface area contributed by atoms with Gasteiger partial charge in [0.05, 0.1) is 35.7 Å². The first kappa shape index (κ1) is 40.1. The van der Waals surface area contributed by atoms with Gasteiger partial charge in [-0.15, -0.1) is 0 Å². The molecule has 0 bridgehead atoms. The largest absolute Gasteiger partial charge is 0.453 e. The van der Waals surface area contributed by atoms with Crippen molar-refractivity contribution < 1.29 is 28.1 Å². The van der Waals surface area contributed by atoms with Crippen molar-refractivity contribution >= 4 is 23.6 Å². The number of hydrogen-bond acceptors (Lipinski definition) is 12. The second-order valence-corrected chi connectivity index (χ2v) is 16.8. The Kier molecular flexibility index (Phi) is 11.3. The first-order chi connectivity index (χ1) is 27.1. The van der Waals surface area contributed by atoms with Gasteiger partial charge in [-0.25, -0.2) is 29.3 Å². The summed E-state index contributed by atoms with van der Waals surface area (Å²) in [6.45, 7) is 22.9. The first-order valence-electron chi connectivity index (χ1n) is 20.5. The van der Waals surface area contributed by atoms with Crippen LogP contribution in [-0.2, 0) is 16.1 Å². The quantitative estimate of drug-likeness (QED) is 0.155. The zero-order valence-corrected chi connectivity index (χ0v) is 35.4. The maximum Gasteiger partial charge on any atom is 0.409 e. The number of methoxy groups -OCH3 is 1. The summed E-state index contributed by atoms with van der Waals surface area (Å²) in [4.78, 5) is 49.3. The molecule has 3 aliphatic rings. The number of carbonyl (C=O) groups excluding carboxylic acids is 2. The standard InChI is InChI=1S/C42H59N10O5/c1-21(2)37-45-36(25(6)39(47-37)43-31-15-17-51(23(4)18-31)42(54)55-11)34-27(8)52(57-29(34)10)19-22(3)38-46-35(33-26(7)49-56-28(33)9)24(5)40(48-38)44-32-14-16-50(20-32)41(53)30-12-13-30/h21-23,30-32H,12-20H2,1-11H3,(H,43,45,47)(H,44,46,48)/q+1/t22?,23-,31-,32?/m0/s1. The van der Waals surface area contributed by atoms with Gasteiger partial charge in [0.15, 0.2) is 5.76 Å². The third-order valence-corrected chi connectivity index (χ3v) is 12.0. The van der Waals surface area contributed by atoms with Crippen LogP contribution >= 0.6 is 0 Å². The van der Waals surface area contributed by atoms with E-state index in [1.807, 2.05) is 37.3 Å². The molecule has 1 aliphatic carbocycles. The smallest absolute Gasteiger partial charge is 0.409 e. The number of aryl methyl sites for hydroxylation is 3. The lowest BCUT2D eigenvalue weighted by atomic mass is 9.98. The highest BCUT2D eigenvalue weighted by atomic mass is 16.5. The molecule has 15 nitrogen and oxygen atoms in total. The summed E-state index contributed by atoms with van der Waals surface area (Å²) in [6, 6.07) is 0.271. The van der Waals surface area contributed by atoms with Crippen molar-refractivity contribution in [1.82, 2.24) is 34.9 Å². The average Bonchev–Trinajstić information content (AvgIpc) is 3.74. The van der Waals surface area contributed by atoms with E-state index in [9.17, 15) is 9.59 Å². The van der Waals surface area contributed by atoms with Crippen LogP contribution in [0, 0.1) is 47.5 Å². The van der Waals surface area contributed by atoms with E-state index in [0.29, 0.717) is 31.2 Å². The Balaban J connectivity index is 1.17. The fourth-order valence-electron chi connectivity index (χ4n) is 8.38. The Hall–Kier alpha value is -5.08. The van der Waals surface area contributed by atoms with Crippen molar-refractivity contribution in [2.45, 2.75) is 138 Å². The summed E-state index contributed by atoms with van der Waals surface area (Å²) >= 11 is 0. The van der Waals surface area contributed by atoms with E-state index in [0.717, 1.165) is 107 Å². The van der Waals surface area contributed by atoms with Gasteiger partial charge in [-0.1, -0.05) is 19.0 Å². The van der Waals surface area contributed by atoms with E-state index in [-0.39, 0.29) is 47.9 Å². The van der Waals surface area contributed by atoms with Gasteiger partial charge in [0.25, 0.3) is 0 Å². The molecule has 4 aromatic rings. The molecule has 2 saturated heterocycles. The highest BCUT2D eigenvalue weighted by Crippen LogP contribution is 2.36. The van der Waals surface area contributed by atoms with Crippen LogP contribution in [0.5, 0.6) is 0 Å². The molecule has 0 spiro atoms. The van der Waals surface area contributed by atoms with Gasteiger partial charge in [-0.05, 0) is 78.4 Å². The number of aromatic nitrogens is 6. The van der Waals surface area contributed by atoms with Crippen LogP contribution in [0.15, 0.2) is 9.05 Å². The Morgan fingerprint density at radius 2 is 1.47 bits per heavy atom. The minimum atomic E-state index is -0.290. The van der Waals surface area contributed by atoms with Crippen LogP contribution in [0.4, 0.5) is 16.4 Å². The zero-order chi connectivity index (χ0) is 40.9. The predicted molar refractivity (Wildman–Crippen MR) is 215 cm³/mol. The summed E-state index contributed by atoms with van der Waals surface area (Å²) in [6.07, 6.45) is 4.15. The normalized spacial score (nSPS) is 20.3. The van der Waals surface area contributed by atoms with Gasteiger partial charge in [0.1, 0.15) is 34.6 Å². The minimum absolute atomic E-state index is 0.0368. The maximum absolute atomic E-state index is 12.8. The molecule has 2 N–H and O–H groups in total. The van der Waals surface area contributed by atoms with Gasteiger partial charge < -0.3 is 29.7 Å². The summed E-state index contributed by atoms with van der Waals surface area (Å²) in [5.74, 6) is 4.89. The Labute approximate surface area is 335 Å². The van der Waals surface area contributed by atoms with E-state index in [2.05, 4.69) is 57.3 Å². The molecular weight excluding hydrogens is 725 g/mol. The molecule has 3 fully saturated rings. The summed E-state index contributed by atoms with van der Waals surface area (Å²) in [5.41, 5.74) is 7.02. The zero-order valence-electron chi connectivity index (χ0n) is 35.4. The van der Waals surface area contributed by atoms with Gasteiger partial charge >= 0.3 is 6.09 Å². The SMILES string of the molecule is COC(=O)N1CC[C@H](Nc2nc(C(C)C)nc(-c3c(C)o[n+](CC(C)c4nc(NC5CCN(C(=O)C6CC6)C5)c(C)c(-c5c(C)noc5C)n4)c3C)c2C)C[C@@H]1C. The van der Waals surface area contributed by atoms with E-state index in [1.54, 1.807) is 4.90 Å². The fraction of sp³-hybridized carbons (Fsp3) is 0.619. The minimum Gasteiger partial charge on any atom is -0.453 e. The number of nitrogens with zero attached hydrogens (tertiary/aromatic N) is 8. The number of carbonyl (C=O) groups is 2. The van der Waals surface area contributed by atoms with Gasteiger partial charge in [0.2, 0.25) is 18.1 Å². The van der Waals surface area contributed by atoms with E-state index in [1.165, 1.54) is 7.11 Å². The molecule has 6 heterocycles. The Morgan fingerprint density at radius 3 is 2.09 bits per heavy atom. The number of rotatable bonds is 11. The second kappa shape index (κ2) is 16.0. The number of hydrogen-bond donors (Lipinski definition) is 2. The van der Waals surface area contributed by atoms with Crippen LogP contribution in [0.25, 0.3) is 22.5 Å². The third kappa shape index (κ3) is 8.07. The lowest BCUT2D eigenvalue weighted by Gasteiger charge is -2.37. The Morgan fingerprint density at radius 1 is 0.842 bits per heavy atom. The average molecular weight is 784 g/mol. The van der Waals surface area contributed by atoms with Gasteiger partial charge in [-0.3, -0.25) is 4.79 Å². The van der Waals surface area contributed by atoms with E-state index in [4.69, 9.17) is 33.7 Å². The fourth-order valence-corrected chi connectivity index (χ4v) is 8.38. The topological polar surface area (TPSA) is 169 Å². The molecule has 4 aromatic heterocycles. The number of piperidine rings is 1. The highest BCUT2D eigenvalue weighted by Gasteiger charge is 2.38. The molecule has 57 heavy (non-hydrogen) atoms. The lowest BCUT2D eigenvalue weighted by Crippen LogP contribution is -2.48. The van der Waals surface area contributed by atoms with Crippen LogP contribution in [0.3, 0.4) is 0 Å². The molecule has 0 radical (unpaired) electrons. The van der Waals surface area contributed by atoms with Crippen LogP contribution in [0.2, 0.25) is 0 Å². The Bertz CT molecular complexity index is 2140. The summed E-state index contributed by atoms with van der Waals surface area (Å²) < 4.78 is 19.0. The monoisotopic (exact) mass is 783 g/mol. The van der Waals surface area contributed by atoms with Crippen molar-refractivity contribution in [3.8, 4) is 22.5 Å². The van der Waals surface area contributed by atoms with Crippen molar-refractivity contribution in [2.75, 3.05) is 37.4 Å². The van der Waals surface area contributed by atoms with Crippen molar-refractivity contribution in [1.29, 1.82) is 0 Å². The van der Waals surface area contributed by atoms with Gasteiger partial charge in [-0.2, -0.15) is 0 Å². The summed E-state index contributed by atoms with van der Waals surface area (Å²) in [7, 11) is 1.43. The van der Waals surface area contributed by atoms with E-state index >= 15 is 0 Å². The molecule has 306 valence electrons. The third-order valence-electron chi connectivity index (χ3n) is 12.0. The molecule has 1 saturated carbocycles. The summed E-state index contributed by atoms with van der Waals surface area (Å²) in [5, 5.41) is 11.7. The molecule has 7 rings (SSSR count). The maximum atomic E-state index is 12.8. The number of anilines is 2. The predicted octanol–water partition coefficient (Wildman–Crippen LogP) is 6.70. The van der Waals surface area contributed by atoms with Gasteiger partial charge in [0, 0.05) is 74.6 Å². The van der Waals surface area contributed by atoms with Crippen molar-refractivity contribution in [3.05, 3.63) is 45.7 Å². The van der Waals surface area contributed by atoms with Crippen LogP contribution < -0.4 is 15.4 Å². The number of nitrogens with one attached hydrogen (secondary N) is 2. The second-order valence-electron chi connectivity index (χ2n) is 16.8. The van der Waals surface area contributed by atoms with Crippen molar-refractivity contribution in [3.63, 3.8) is 0 Å². The number of likely N-dealkylation sites (tertiary alicyclic amines) is 2. The van der Waals surface area contributed by atoms with Crippen LogP contribution in [-0.4, -0.2) is 91.8 Å². The van der Waals surface area contributed by atoms with Crippen molar-refractivity contribution in [2.24, 2.45) is 5.92 Å². The lowest BCUT2D eigenvalue weighted by molar-refractivity contribution is -0.870. The molecule has 4 atom stereocenters.